The number of aromatic nitrogens is 3. The lowest BCUT2D eigenvalue weighted by Gasteiger charge is -2.11. The maximum Gasteiger partial charge on any atom is 0.0898 e. The average Bonchev–Trinajstić information content (AvgIpc) is 2.88. The Labute approximate surface area is 88.3 Å². The minimum Gasteiger partial charge on any atom is -0.309 e. The van der Waals surface area contributed by atoms with Crippen molar-refractivity contribution in [3.8, 4) is 0 Å². The molecule has 2 aromatic heterocycles. The molecule has 1 aliphatic rings. The second-order valence-electron chi connectivity index (χ2n) is 4.07. The van der Waals surface area contributed by atoms with Crippen LogP contribution in [0.25, 0.3) is 5.52 Å². The summed E-state index contributed by atoms with van der Waals surface area (Å²) in [6.45, 7) is 3.10. The van der Waals surface area contributed by atoms with Gasteiger partial charge in [-0.2, -0.15) is 0 Å². The molecule has 1 saturated heterocycles. The van der Waals surface area contributed by atoms with Crippen molar-refractivity contribution in [2.75, 3.05) is 6.54 Å². The molecule has 4 nitrogen and oxygen atoms in total. The third-order valence-electron chi connectivity index (χ3n) is 3.07. The molecule has 0 aliphatic carbocycles. The first-order chi connectivity index (χ1) is 7.36. The quantitative estimate of drug-likeness (QED) is 0.761. The van der Waals surface area contributed by atoms with Gasteiger partial charge in [0, 0.05) is 6.04 Å². The third kappa shape index (κ3) is 1.33. The predicted molar refractivity (Wildman–Crippen MR) is 57.7 cm³/mol. The molecule has 0 spiro atoms. The van der Waals surface area contributed by atoms with E-state index in [-0.39, 0.29) is 0 Å². The topological polar surface area (TPSA) is 42.2 Å². The van der Waals surface area contributed by atoms with Gasteiger partial charge >= 0.3 is 0 Å². The fraction of sp³-hybridized carbons (Fsp3) is 0.455. The Balaban J connectivity index is 2.17. The summed E-state index contributed by atoms with van der Waals surface area (Å²) in [7, 11) is 0. The molecular weight excluding hydrogens is 188 g/mol. The molecule has 0 bridgehead atoms. The van der Waals surface area contributed by atoms with Gasteiger partial charge in [0.2, 0.25) is 0 Å². The third-order valence-corrected chi connectivity index (χ3v) is 3.07. The number of pyridine rings is 1. The van der Waals surface area contributed by atoms with Crippen molar-refractivity contribution in [2.45, 2.75) is 25.8 Å². The molecule has 3 rings (SSSR count). The van der Waals surface area contributed by atoms with Gasteiger partial charge in [0.15, 0.2) is 0 Å². The minimum absolute atomic E-state index is 0.440. The normalized spacial score (nSPS) is 21.3. The summed E-state index contributed by atoms with van der Waals surface area (Å²) in [6, 6.07) is 6.72. The van der Waals surface area contributed by atoms with Gasteiger partial charge in [-0.1, -0.05) is 11.3 Å². The molecule has 3 heterocycles. The highest BCUT2D eigenvalue weighted by Crippen LogP contribution is 2.23. The molecule has 1 unspecified atom stereocenters. The average molecular weight is 202 g/mol. The highest BCUT2D eigenvalue weighted by atomic mass is 15.4. The van der Waals surface area contributed by atoms with Gasteiger partial charge in [0.05, 0.1) is 16.9 Å². The first-order valence-corrected chi connectivity index (χ1v) is 5.40. The van der Waals surface area contributed by atoms with Crippen LogP contribution in [0, 0.1) is 6.92 Å². The number of aryl methyl sites for hydroxylation is 1. The zero-order valence-electron chi connectivity index (χ0n) is 8.77. The van der Waals surface area contributed by atoms with E-state index < -0.39 is 0 Å². The van der Waals surface area contributed by atoms with Gasteiger partial charge in [-0.3, -0.25) is 0 Å². The summed E-state index contributed by atoms with van der Waals surface area (Å²) in [5.41, 5.74) is 3.33. The van der Waals surface area contributed by atoms with Crippen LogP contribution in [-0.4, -0.2) is 21.4 Å². The standard InChI is InChI=1S/C11H14N4/c1-8-10-5-2-6-11(15(10)14-13-8)9-4-3-7-12-9/h2,5-6,9,12H,3-4,7H2,1H3. The molecule has 4 heteroatoms. The van der Waals surface area contributed by atoms with Crippen LogP contribution in [0.1, 0.15) is 30.3 Å². The van der Waals surface area contributed by atoms with Gasteiger partial charge in [-0.05, 0) is 38.4 Å². The Morgan fingerprint density at radius 3 is 3.20 bits per heavy atom. The lowest BCUT2D eigenvalue weighted by Crippen LogP contribution is -2.16. The predicted octanol–water partition coefficient (Wildman–Crippen LogP) is 1.46. The lowest BCUT2D eigenvalue weighted by atomic mass is 10.1. The first kappa shape index (κ1) is 8.85. The van der Waals surface area contributed by atoms with E-state index in [1.54, 1.807) is 0 Å². The number of rotatable bonds is 1. The van der Waals surface area contributed by atoms with Gasteiger partial charge in [-0.15, -0.1) is 5.10 Å². The summed E-state index contributed by atoms with van der Waals surface area (Å²) < 4.78 is 1.96. The summed E-state index contributed by atoms with van der Waals surface area (Å²) in [4.78, 5) is 0. The number of nitrogens with one attached hydrogen (secondary N) is 1. The molecule has 2 aromatic rings. The van der Waals surface area contributed by atoms with Crippen LogP contribution in [0.5, 0.6) is 0 Å². The number of hydrogen-bond acceptors (Lipinski definition) is 3. The molecule has 15 heavy (non-hydrogen) atoms. The van der Waals surface area contributed by atoms with E-state index in [1.807, 2.05) is 11.4 Å². The highest BCUT2D eigenvalue weighted by molar-refractivity contribution is 5.51. The Bertz CT molecular complexity index is 482. The van der Waals surface area contributed by atoms with Crippen LogP contribution in [0.15, 0.2) is 18.2 Å². The summed E-state index contributed by atoms with van der Waals surface area (Å²) in [5, 5.41) is 11.8. The molecule has 0 radical (unpaired) electrons. The monoisotopic (exact) mass is 202 g/mol. The van der Waals surface area contributed by atoms with Crippen molar-refractivity contribution >= 4 is 5.52 Å². The first-order valence-electron chi connectivity index (χ1n) is 5.40. The molecule has 0 amide bonds. The SMILES string of the molecule is Cc1nnn2c(C3CCCN3)cccc12. The van der Waals surface area contributed by atoms with Crippen molar-refractivity contribution in [1.82, 2.24) is 20.1 Å². The summed E-state index contributed by atoms with van der Waals surface area (Å²) >= 11 is 0. The van der Waals surface area contributed by atoms with Gasteiger partial charge in [0.1, 0.15) is 0 Å². The Morgan fingerprint density at radius 1 is 1.47 bits per heavy atom. The van der Waals surface area contributed by atoms with Crippen LogP contribution >= 0.6 is 0 Å². The Hall–Kier alpha value is -1.42. The number of fused-ring (bicyclic) bond motifs is 1. The fourth-order valence-electron chi connectivity index (χ4n) is 2.26. The zero-order chi connectivity index (χ0) is 10.3. The van der Waals surface area contributed by atoms with Crippen LogP contribution in [0.2, 0.25) is 0 Å². The highest BCUT2D eigenvalue weighted by Gasteiger charge is 2.19. The van der Waals surface area contributed by atoms with Crippen LogP contribution in [0.4, 0.5) is 0 Å². The van der Waals surface area contributed by atoms with Gasteiger partial charge in [-0.25, -0.2) is 4.52 Å². The minimum atomic E-state index is 0.440. The van der Waals surface area contributed by atoms with Crippen molar-refractivity contribution in [2.24, 2.45) is 0 Å². The molecule has 78 valence electrons. The van der Waals surface area contributed by atoms with Crippen molar-refractivity contribution < 1.29 is 0 Å². The fourth-order valence-corrected chi connectivity index (χ4v) is 2.26. The summed E-state index contributed by atoms with van der Waals surface area (Å²) in [5.74, 6) is 0. The van der Waals surface area contributed by atoms with E-state index in [0.717, 1.165) is 17.8 Å². The van der Waals surface area contributed by atoms with Crippen LogP contribution in [-0.2, 0) is 0 Å². The maximum absolute atomic E-state index is 4.19. The van der Waals surface area contributed by atoms with E-state index >= 15 is 0 Å². The summed E-state index contributed by atoms with van der Waals surface area (Å²) in [6.07, 6.45) is 2.44. The van der Waals surface area contributed by atoms with Gasteiger partial charge in [0.25, 0.3) is 0 Å². The molecule has 1 N–H and O–H groups in total. The van der Waals surface area contributed by atoms with E-state index in [0.29, 0.717) is 6.04 Å². The van der Waals surface area contributed by atoms with E-state index in [9.17, 15) is 0 Å². The second-order valence-corrected chi connectivity index (χ2v) is 4.07. The maximum atomic E-state index is 4.19. The zero-order valence-corrected chi connectivity index (χ0v) is 8.77. The van der Waals surface area contributed by atoms with Crippen molar-refractivity contribution in [3.63, 3.8) is 0 Å². The Kier molecular flexibility index (Phi) is 1.95. The molecule has 1 atom stereocenters. The Morgan fingerprint density at radius 2 is 2.40 bits per heavy atom. The molecule has 0 aromatic carbocycles. The smallest absolute Gasteiger partial charge is 0.0898 e. The number of nitrogens with zero attached hydrogens (tertiary/aromatic N) is 3. The molecule has 1 aliphatic heterocycles. The van der Waals surface area contributed by atoms with E-state index in [2.05, 4.69) is 33.8 Å². The largest absolute Gasteiger partial charge is 0.309 e. The van der Waals surface area contributed by atoms with E-state index in [4.69, 9.17) is 0 Å². The molecular formula is C11H14N4. The second kappa shape index (κ2) is 3.31. The van der Waals surface area contributed by atoms with E-state index in [1.165, 1.54) is 18.5 Å². The van der Waals surface area contributed by atoms with Crippen molar-refractivity contribution in [1.29, 1.82) is 0 Å². The number of hydrogen-bond donors (Lipinski definition) is 1. The molecule has 0 saturated carbocycles. The lowest BCUT2D eigenvalue weighted by molar-refractivity contribution is 0.599. The van der Waals surface area contributed by atoms with Crippen LogP contribution < -0.4 is 5.32 Å². The van der Waals surface area contributed by atoms with Gasteiger partial charge < -0.3 is 5.32 Å². The molecule has 1 fully saturated rings. The van der Waals surface area contributed by atoms with Crippen molar-refractivity contribution in [3.05, 3.63) is 29.6 Å². The van der Waals surface area contributed by atoms with Crippen LogP contribution in [0.3, 0.4) is 0 Å².